The lowest BCUT2D eigenvalue weighted by molar-refractivity contribution is -0.0453. The van der Waals surface area contributed by atoms with Crippen molar-refractivity contribution in [3.8, 4) is 0 Å². The number of aromatic nitrogens is 2. The third-order valence-corrected chi connectivity index (χ3v) is 4.29. The number of hydrogen-bond acceptors (Lipinski definition) is 3. The molecular formula is C20H20N2O2. The van der Waals surface area contributed by atoms with E-state index in [9.17, 15) is 0 Å². The van der Waals surface area contributed by atoms with Crippen molar-refractivity contribution in [2.24, 2.45) is 0 Å². The van der Waals surface area contributed by atoms with E-state index >= 15 is 0 Å². The Hall–Kier alpha value is -2.43. The number of ether oxygens (including phenoxy) is 2. The lowest BCUT2D eigenvalue weighted by Gasteiger charge is -2.19. The fourth-order valence-electron chi connectivity index (χ4n) is 3.18. The van der Waals surface area contributed by atoms with Gasteiger partial charge in [-0.05, 0) is 23.1 Å². The van der Waals surface area contributed by atoms with Gasteiger partial charge in [0.2, 0.25) is 0 Å². The van der Waals surface area contributed by atoms with Crippen LogP contribution in [0.2, 0.25) is 0 Å². The Kier molecular flexibility index (Phi) is 4.40. The van der Waals surface area contributed by atoms with E-state index in [2.05, 4.69) is 52.0 Å². The van der Waals surface area contributed by atoms with E-state index in [0.29, 0.717) is 13.2 Å². The van der Waals surface area contributed by atoms with Crippen LogP contribution in [0.1, 0.15) is 28.5 Å². The Labute approximate surface area is 141 Å². The molecule has 0 N–H and O–H groups in total. The molecule has 1 fully saturated rings. The van der Waals surface area contributed by atoms with Crippen molar-refractivity contribution >= 4 is 0 Å². The van der Waals surface area contributed by atoms with Crippen LogP contribution in [0, 0.1) is 0 Å². The molecule has 2 heterocycles. The second-order valence-electron chi connectivity index (χ2n) is 5.96. The summed E-state index contributed by atoms with van der Waals surface area (Å²) in [5.41, 5.74) is 4.92. The maximum absolute atomic E-state index is 5.83. The summed E-state index contributed by atoms with van der Waals surface area (Å²) < 4.78 is 13.7. The Morgan fingerprint density at radius 1 is 0.958 bits per heavy atom. The molecule has 1 saturated heterocycles. The first-order chi connectivity index (χ1) is 11.9. The summed E-state index contributed by atoms with van der Waals surface area (Å²) in [5, 5.41) is 0. The van der Waals surface area contributed by atoms with Crippen LogP contribution in [-0.2, 0) is 22.4 Å². The Morgan fingerprint density at radius 2 is 1.75 bits per heavy atom. The van der Waals surface area contributed by atoms with Gasteiger partial charge in [-0.1, -0.05) is 48.5 Å². The molecule has 1 aliphatic heterocycles. The SMILES string of the molecule is c1ccc(Cc2cccc(Cn3ccnc3)c2C2OCCO2)cc1. The monoisotopic (exact) mass is 320 g/mol. The maximum Gasteiger partial charge on any atom is 0.184 e. The highest BCUT2D eigenvalue weighted by Crippen LogP contribution is 2.31. The van der Waals surface area contributed by atoms with Crippen molar-refractivity contribution in [3.63, 3.8) is 0 Å². The number of rotatable bonds is 5. The molecule has 0 spiro atoms. The van der Waals surface area contributed by atoms with Crippen LogP contribution in [0.3, 0.4) is 0 Å². The van der Waals surface area contributed by atoms with Gasteiger partial charge in [-0.3, -0.25) is 0 Å². The molecule has 0 radical (unpaired) electrons. The Bertz CT molecular complexity index is 779. The molecule has 0 unspecified atom stereocenters. The lowest BCUT2D eigenvalue weighted by atomic mass is 9.95. The minimum Gasteiger partial charge on any atom is -0.346 e. The molecule has 0 aliphatic carbocycles. The topological polar surface area (TPSA) is 36.3 Å². The summed E-state index contributed by atoms with van der Waals surface area (Å²) in [4.78, 5) is 4.14. The van der Waals surface area contributed by atoms with E-state index in [1.54, 1.807) is 6.20 Å². The highest BCUT2D eigenvalue weighted by molar-refractivity contribution is 5.40. The quantitative estimate of drug-likeness (QED) is 0.721. The van der Waals surface area contributed by atoms with Crippen molar-refractivity contribution in [1.82, 2.24) is 9.55 Å². The Balaban J connectivity index is 1.71. The van der Waals surface area contributed by atoms with Crippen molar-refractivity contribution in [3.05, 3.63) is 89.5 Å². The average molecular weight is 320 g/mol. The van der Waals surface area contributed by atoms with Gasteiger partial charge in [-0.25, -0.2) is 4.98 Å². The van der Waals surface area contributed by atoms with Crippen molar-refractivity contribution in [1.29, 1.82) is 0 Å². The fourth-order valence-corrected chi connectivity index (χ4v) is 3.18. The predicted octanol–water partition coefficient (Wildman–Crippen LogP) is 3.57. The number of nitrogens with zero attached hydrogens (tertiary/aromatic N) is 2. The smallest absolute Gasteiger partial charge is 0.184 e. The third kappa shape index (κ3) is 3.25. The lowest BCUT2D eigenvalue weighted by Crippen LogP contribution is -2.10. The molecule has 4 nitrogen and oxygen atoms in total. The molecule has 4 rings (SSSR count). The van der Waals surface area contributed by atoms with Gasteiger partial charge < -0.3 is 14.0 Å². The highest BCUT2D eigenvalue weighted by atomic mass is 16.7. The average Bonchev–Trinajstić information content (AvgIpc) is 3.30. The van der Waals surface area contributed by atoms with E-state index in [4.69, 9.17) is 9.47 Å². The molecule has 0 atom stereocenters. The second-order valence-corrected chi connectivity index (χ2v) is 5.96. The van der Waals surface area contributed by atoms with Gasteiger partial charge in [-0.15, -0.1) is 0 Å². The summed E-state index contributed by atoms with van der Waals surface area (Å²) in [7, 11) is 0. The van der Waals surface area contributed by atoms with E-state index in [1.165, 1.54) is 16.7 Å². The van der Waals surface area contributed by atoms with Gasteiger partial charge in [0, 0.05) is 24.5 Å². The molecule has 122 valence electrons. The third-order valence-electron chi connectivity index (χ3n) is 4.29. The standard InChI is InChI=1S/C20H20N2O2/c1-2-5-16(6-3-1)13-17-7-4-8-18(14-22-10-9-21-15-22)19(17)20-23-11-12-24-20/h1-10,15,20H,11-14H2. The molecule has 2 aromatic carbocycles. The summed E-state index contributed by atoms with van der Waals surface area (Å²) in [6.45, 7) is 2.06. The fraction of sp³-hybridized carbons (Fsp3) is 0.250. The maximum atomic E-state index is 5.83. The number of imidazole rings is 1. The van der Waals surface area contributed by atoms with Crippen LogP contribution >= 0.6 is 0 Å². The van der Waals surface area contributed by atoms with Gasteiger partial charge >= 0.3 is 0 Å². The predicted molar refractivity (Wildman–Crippen MR) is 91.7 cm³/mol. The van der Waals surface area contributed by atoms with Gasteiger partial charge in [0.1, 0.15) is 0 Å². The van der Waals surface area contributed by atoms with Crippen LogP contribution in [0.4, 0.5) is 0 Å². The molecule has 0 amide bonds. The molecule has 0 saturated carbocycles. The minimum absolute atomic E-state index is 0.275. The van der Waals surface area contributed by atoms with Crippen LogP contribution in [0.25, 0.3) is 0 Å². The second kappa shape index (κ2) is 6.99. The van der Waals surface area contributed by atoms with Crippen molar-refractivity contribution in [2.75, 3.05) is 13.2 Å². The van der Waals surface area contributed by atoms with Gasteiger partial charge in [0.25, 0.3) is 0 Å². The van der Waals surface area contributed by atoms with Crippen LogP contribution in [0.5, 0.6) is 0 Å². The highest BCUT2D eigenvalue weighted by Gasteiger charge is 2.24. The van der Waals surface area contributed by atoms with Crippen LogP contribution in [-0.4, -0.2) is 22.8 Å². The largest absolute Gasteiger partial charge is 0.346 e. The number of benzene rings is 2. The van der Waals surface area contributed by atoms with E-state index in [0.717, 1.165) is 18.5 Å². The minimum atomic E-state index is -0.275. The molecule has 1 aromatic heterocycles. The zero-order chi connectivity index (χ0) is 16.2. The van der Waals surface area contributed by atoms with Crippen LogP contribution < -0.4 is 0 Å². The van der Waals surface area contributed by atoms with E-state index in [-0.39, 0.29) is 6.29 Å². The molecule has 0 bridgehead atoms. The van der Waals surface area contributed by atoms with Crippen molar-refractivity contribution in [2.45, 2.75) is 19.3 Å². The van der Waals surface area contributed by atoms with Crippen LogP contribution in [0.15, 0.2) is 67.3 Å². The summed E-state index contributed by atoms with van der Waals surface area (Å²) >= 11 is 0. The molecule has 24 heavy (non-hydrogen) atoms. The molecule has 3 aromatic rings. The molecule has 1 aliphatic rings. The van der Waals surface area contributed by atoms with Gasteiger partial charge in [0.15, 0.2) is 6.29 Å². The first kappa shape index (κ1) is 15.1. The molecule has 4 heteroatoms. The number of hydrogen-bond donors (Lipinski definition) is 0. The van der Waals surface area contributed by atoms with E-state index < -0.39 is 0 Å². The van der Waals surface area contributed by atoms with E-state index in [1.807, 2.05) is 18.6 Å². The normalized spacial score (nSPS) is 15.0. The van der Waals surface area contributed by atoms with Gasteiger partial charge in [0.05, 0.1) is 19.5 Å². The summed E-state index contributed by atoms with van der Waals surface area (Å²) in [6.07, 6.45) is 6.21. The zero-order valence-corrected chi connectivity index (χ0v) is 13.5. The Morgan fingerprint density at radius 3 is 2.50 bits per heavy atom. The first-order valence-electron chi connectivity index (χ1n) is 8.24. The first-order valence-corrected chi connectivity index (χ1v) is 8.24. The zero-order valence-electron chi connectivity index (χ0n) is 13.5. The van der Waals surface area contributed by atoms with Crippen molar-refractivity contribution < 1.29 is 9.47 Å². The molecular weight excluding hydrogens is 300 g/mol. The summed E-state index contributed by atoms with van der Waals surface area (Å²) in [5.74, 6) is 0. The van der Waals surface area contributed by atoms with Gasteiger partial charge in [-0.2, -0.15) is 0 Å². The summed E-state index contributed by atoms with van der Waals surface area (Å²) in [6, 6.07) is 16.9.